The van der Waals surface area contributed by atoms with Gasteiger partial charge in [-0.15, -0.1) is 0 Å². The van der Waals surface area contributed by atoms with Crippen molar-refractivity contribution in [2.75, 3.05) is 6.54 Å². The minimum Gasteiger partial charge on any atom is -0.461 e. The zero-order valence-electron chi connectivity index (χ0n) is 10.3. The van der Waals surface area contributed by atoms with E-state index in [1.165, 1.54) is 30.2 Å². The van der Waals surface area contributed by atoms with Gasteiger partial charge in [-0.05, 0) is 37.9 Å². The zero-order valence-corrected chi connectivity index (χ0v) is 10.3. The average Bonchev–Trinajstić information content (AvgIpc) is 2.68. The average molecular weight is 229 g/mol. The number of benzene rings is 1. The third kappa shape index (κ3) is 2.09. The fraction of sp³-hybridized carbons (Fsp3) is 0.467. The summed E-state index contributed by atoms with van der Waals surface area (Å²) in [4.78, 5) is 0. The SMILES string of the molecule is Cc1c(C[C@@H]2CCCCN2)oc2ccccc12. The van der Waals surface area contributed by atoms with Crippen molar-refractivity contribution < 1.29 is 4.42 Å². The van der Waals surface area contributed by atoms with Crippen molar-refractivity contribution in [2.24, 2.45) is 0 Å². The van der Waals surface area contributed by atoms with Crippen LogP contribution in [0.5, 0.6) is 0 Å². The summed E-state index contributed by atoms with van der Waals surface area (Å²) in [5.41, 5.74) is 2.34. The molecule has 0 saturated carbocycles. The highest BCUT2D eigenvalue weighted by atomic mass is 16.3. The molecule has 1 aromatic carbocycles. The maximum absolute atomic E-state index is 5.96. The van der Waals surface area contributed by atoms with Crippen LogP contribution in [0.2, 0.25) is 0 Å². The van der Waals surface area contributed by atoms with Crippen LogP contribution in [-0.4, -0.2) is 12.6 Å². The molecule has 0 bridgehead atoms. The van der Waals surface area contributed by atoms with Gasteiger partial charge >= 0.3 is 0 Å². The summed E-state index contributed by atoms with van der Waals surface area (Å²) in [5, 5.41) is 4.84. The largest absolute Gasteiger partial charge is 0.461 e. The van der Waals surface area contributed by atoms with Crippen molar-refractivity contribution in [3.8, 4) is 0 Å². The fourth-order valence-corrected chi connectivity index (χ4v) is 2.74. The first kappa shape index (κ1) is 10.8. The van der Waals surface area contributed by atoms with Gasteiger partial charge in [0.15, 0.2) is 0 Å². The summed E-state index contributed by atoms with van der Waals surface area (Å²) in [6.07, 6.45) is 4.96. The second-order valence-electron chi connectivity index (χ2n) is 5.00. The van der Waals surface area contributed by atoms with Crippen LogP contribution in [0.4, 0.5) is 0 Å². The van der Waals surface area contributed by atoms with Crippen LogP contribution < -0.4 is 5.32 Å². The van der Waals surface area contributed by atoms with Crippen molar-refractivity contribution in [1.29, 1.82) is 0 Å². The Labute approximate surface area is 102 Å². The first-order valence-corrected chi connectivity index (χ1v) is 6.55. The molecule has 1 fully saturated rings. The van der Waals surface area contributed by atoms with E-state index in [1.807, 2.05) is 6.07 Å². The van der Waals surface area contributed by atoms with Gasteiger partial charge in [-0.1, -0.05) is 24.6 Å². The summed E-state index contributed by atoms with van der Waals surface area (Å²) in [5.74, 6) is 1.16. The summed E-state index contributed by atoms with van der Waals surface area (Å²) in [7, 11) is 0. The maximum Gasteiger partial charge on any atom is 0.134 e. The van der Waals surface area contributed by atoms with Crippen LogP contribution in [0.15, 0.2) is 28.7 Å². The van der Waals surface area contributed by atoms with Crippen molar-refractivity contribution in [3.63, 3.8) is 0 Å². The highest BCUT2D eigenvalue weighted by Gasteiger charge is 2.17. The molecule has 1 atom stereocenters. The first-order chi connectivity index (χ1) is 8.34. The minimum absolute atomic E-state index is 0.600. The molecule has 0 amide bonds. The number of fused-ring (bicyclic) bond motifs is 1. The zero-order chi connectivity index (χ0) is 11.7. The molecule has 1 N–H and O–H groups in total. The van der Waals surface area contributed by atoms with E-state index in [4.69, 9.17) is 4.42 Å². The summed E-state index contributed by atoms with van der Waals surface area (Å²) < 4.78 is 5.96. The highest BCUT2D eigenvalue weighted by Crippen LogP contribution is 2.26. The molecule has 1 aliphatic rings. The summed E-state index contributed by atoms with van der Waals surface area (Å²) in [6, 6.07) is 8.91. The molecule has 1 saturated heterocycles. The maximum atomic E-state index is 5.96. The molecule has 2 heterocycles. The lowest BCUT2D eigenvalue weighted by molar-refractivity contribution is 0.377. The minimum atomic E-state index is 0.600. The second kappa shape index (κ2) is 4.53. The van der Waals surface area contributed by atoms with Crippen molar-refractivity contribution in [2.45, 2.75) is 38.6 Å². The Kier molecular flexibility index (Phi) is 2.89. The number of piperidine rings is 1. The van der Waals surface area contributed by atoms with Crippen molar-refractivity contribution >= 4 is 11.0 Å². The lowest BCUT2D eigenvalue weighted by atomic mass is 9.99. The van der Waals surface area contributed by atoms with Gasteiger partial charge in [0.05, 0.1) is 0 Å². The third-order valence-electron chi connectivity index (χ3n) is 3.79. The number of furan rings is 1. The van der Waals surface area contributed by atoms with E-state index in [0.717, 1.165) is 24.3 Å². The number of nitrogens with one attached hydrogen (secondary N) is 1. The quantitative estimate of drug-likeness (QED) is 0.853. The molecule has 2 nitrogen and oxygen atoms in total. The molecule has 1 aliphatic heterocycles. The van der Waals surface area contributed by atoms with E-state index in [-0.39, 0.29) is 0 Å². The Morgan fingerprint density at radius 3 is 2.94 bits per heavy atom. The van der Waals surface area contributed by atoms with Gasteiger partial charge in [-0.2, -0.15) is 0 Å². The molecule has 0 aliphatic carbocycles. The molecular weight excluding hydrogens is 210 g/mol. The predicted octanol–water partition coefficient (Wildman–Crippen LogP) is 3.43. The molecule has 1 aromatic heterocycles. The normalized spacial score (nSPS) is 20.9. The Hall–Kier alpha value is -1.28. The monoisotopic (exact) mass is 229 g/mol. The van der Waals surface area contributed by atoms with Gasteiger partial charge in [0.25, 0.3) is 0 Å². The van der Waals surface area contributed by atoms with Gasteiger partial charge in [0.2, 0.25) is 0 Å². The molecule has 17 heavy (non-hydrogen) atoms. The standard InChI is InChI=1S/C15H19NO/c1-11-13-7-2-3-8-14(13)17-15(11)10-12-6-4-5-9-16-12/h2-3,7-8,12,16H,4-6,9-10H2,1H3/t12-/m0/s1. The first-order valence-electron chi connectivity index (χ1n) is 6.55. The number of aryl methyl sites for hydroxylation is 1. The molecule has 0 radical (unpaired) electrons. The Morgan fingerprint density at radius 2 is 2.18 bits per heavy atom. The summed E-state index contributed by atoms with van der Waals surface area (Å²) in [6.45, 7) is 3.33. The predicted molar refractivity (Wildman–Crippen MR) is 70.3 cm³/mol. The van der Waals surface area contributed by atoms with E-state index in [2.05, 4.69) is 30.4 Å². The lowest BCUT2D eigenvalue weighted by Crippen LogP contribution is -2.35. The van der Waals surface area contributed by atoms with Crippen LogP contribution in [-0.2, 0) is 6.42 Å². The number of hydrogen-bond donors (Lipinski definition) is 1. The van der Waals surface area contributed by atoms with Crippen LogP contribution in [0.1, 0.15) is 30.6 Å². The van der Waals surface area contributed by atoms with E-state index < -0.39 is 0 Å². The van der Waals surface area contributed by atoms with E-state index >= 15 is 0 Å². The van der Waals surface area contributed by atoms with E-state index in [1.54, 1.807) is 0 Å². The van der Waals surface area contributed by atoms with Gasteiger partial charge in [0.1, 0.15) is 11.3 Å². The molecule has 2 heteroatoms. The van der Waals surface area contributed by atoms with Gasteiger partial charge in [0, 0.05) is 17.8 Å². The molecular formula is C15H19NO. The summed E-state index contributed by atoms with van der Waals surface area (Å²) >= 11 is 0. The fourth-order valence-electron chi connectivity index (χ4n) is 2.74. The molecule has 90 valence electrons. The Balaban J connectivity index is 1.87. The van der Waals surface area contributed by atoms with Crippen molar-refractivity contribution in [3.05, 3.63) is 35.6 Å². The smallest absolute Gasteiger partial charge is 0.134 e. The topological polar surface area (TPSA) is 25.2 Å². The van der Waals surface area contributed by atoms with Crippen LogP contribution >= 0.6 is 0 Å². The Morgan fingerprint density at radius 1 is 1.29 bits per heavy atom. The van der Waals surface area contributed by atoms with Crippen molar-refractivity contribution in [1.82, 2.24) is 5.32 Å². The number of para-hydroxylation sites is 1. The highest BCUT2D eigenvalue weighted by molar-refractivity contribution is 5.81. The number of rotatable bonds is 2. The Bertz CT molecular complexity index is 509. The van der Waals surface area contributed by atoms with E-state index in [9.17, 15) is 0 Å². The van der Waals surface area contributed by atoms with Crippen LogP contribution in [0.3, 0.4) is 0 Å². The van der Waals surface area contributed by atoms with Crippen LogP contribution in [0.25, 0.3) is 11.0 Å². The van der Waals surface area contributed by atoms with Gasteiger partial charge in [-0.25, -0.2) is 0 Å². The van der Waals surface area contributed by atoms with Crippen LogP contribution in [0, 0.1) is 6.92 Å². The van der Waals surface area contributed by atoms with Gasteiger partial charge in [-0.3, -0.25) is 0 Å². The number of hydrogen-bond acceptors (Lipinski definition) is 2. The van der Waals surface area contributed by atoms with Gasteiger partial charge < -0.3 is 9.73 Å². The second-order valence-corrected chi connectivity index (χ2v) is 5.00. The van der Waals surface area contributed by atoms with E-state index in [0.29, 0.717) is 6.04 Å². The third-order valence-corrected chi connectivity index (χ3v) is 3.79. The molecule has 0 spiro atoms. The lowest BCUT2D eigenvalue weighted by Gasteiger charge is -2.22. The molecule has 0 unspecified atom stereocenters. The molecule has 2 aromatic rings. The molecule has 3 rings (SSSR count).